The van der Waals surface area contributed by atoms with Gasteiger partial charge in [-0.05, 0) is 36.8 Å². The summed E-state index contributed by atoms with van der Waals surface area (Å²) in [5.41, 5.74) is 0.359. The minimum absolute atomic E-state index is 0.135. The molecule has 96 valence electrons. The molecule has 0 atom stereocenters. The second-order valence-corrected chi connectivity index (χ2v) is 5.21. The zero-order valence-corrected chi connectivity index (χ0v) is 10.8. The Morgan fingerprint density at radius 1 is 1.44 bits per heavy atom. The lowest BCUT2D eigenvalue weighted by Crippen LogP contribution is -2.38. The molecule has 3 rings (SSSR count). The Hall–Kier alpha value is -1.36. The number of amides is 1. The van der Waals surface area contributed by atoms with Crippen molar-refractivity contribution in [3.05, 3.63) is 17.0 Å². The molecule has 2 heterocycles. The van der Waals surface area contributed by atoms with E-state index in [0.29, 0.717) is 11.6 Å². The first-order valence-corrected chi connectivity index (χ1v) is 6.68. The molecule has 0 aromatic carbocycles. The van der Waals surface area contributed by atoms with Gasteiger partial charge in [0.2, 0.25) is 5.28 Å². The van der Waals surface area contributed by atoms with E-state index in [2.05, 4.69) is 20.2 Å². The summed E-state index contributed by atoms with van der Waals surface area (Å²) in [4.78, 5) is 22.2. The van der Waals surface area contributed by atoms with Crippen molar-refractivity contribution in [2.75, 3.05) is 24.5 Å². The molecule has 1 saturated carbocycles. The molecule has 1 amide bonds. The van der Waals surface area contributed by atoms with Gasteiger partial charge in [0.25, 0.3) is 5.91 Å². The van der Waals surface area contributed by atoms with Crippen molar-refractivity contribution >= 4 is 23.3 Å². The van der Waals surface area contributed by atoms with Gasteiger partial charge in [0, 0.05) is 25.7 Å². The average Bonchev–Trinajstić information content (AvgIpc) is 3.06. The minimum Gasteiger partial charge on any atom is -0.356 e. The first kappa shape index (κ1) is 11.7. The molecule has 2 fully saturated rings. The largest absolute Gasteiger partial charge is 0.356 e. The molecule has 1 aliphatic carbocycles. The highest BCUT2D eigenvalue weighted by Gasteiger charge is 2.23. The van der Waals surface area contributed by atoms with Crippen LogP contribution in [0.2, 0.25) is 5.28 Å². The molecule has 0 unspecified atom stereocenters. The summed E-state index contributed by atoms with van der Waals surface area (Å²) in [7, 11) is 0. The third-order valence-corrected chi connectivity index (χ3v) is 3.52. The van der Waals surface area contributed by atoms with Crippen LogP contribution in [0.3, 0.4) is 0 Å². The van der Waals surface area contributed by atoms with E-state index in [1.54, 1.807) is 6.07 Å². The second kappa shape index (κ2) is 4.72. The average molecular weight is 267 g/mol. The van der Waals surface area contributed by atoms with Crippen LogP contribution in [0, 0.1) is 5.92 Å². The van der Waals surface area contributed by atoms with E-state index in [1.165, 1.54) is 12.8 Å². The third-order valence-electron chi connectivity index (χ3n) is 3.35. The molecular formula is C12H15ClN4O. The lowest BCUT2D eigenvalue weighted by molar-refractivity contribution is 0.0946. The Bertz CT molecular complexity index is 471. The highest BCUT2D eigenvalue weighted by molar-refractivity contribution is 6.28. The van der Waals surface area contributed by atoms with Gasteiger partial charge in [-0.2, -0.15) is 0 Å². The van der Waals surface area contributed by atoms with Gasteiger partial charge in [-0.3, -0.25) is 4.79 Å². The minimum atomic E-state index is -0.159. The van der Waals surface area contributed by atoms with Gasteiger partial charge in [0.15, 0.2) is 0 Å². The molecule has 18 heavy (non-hydrogen) atoms. The lowest BCUT2D eigenvalue weighted by atomic mass is 10.2. The van der Waals surface area contributed by atoms with Crippen LogP contribution < -0.4 is 10.2 Å². The topological polar surface area (TPSA) is 58.1 Å². The molecule has 1 aliphatic heterocycles. The molecule has 1 saturated heterocycles. The predicted molar refractivity (Wildman–Crippen MR) is 68.9 cm³/mol. The van der Waals surface area contributed by atoms with Gasteiger partial charge < -0.3 is 10.2 Å². The van der Waals surface area contributed by atoms with Crippen LogP contribution >= 0.6 is 11.6 Å². The first-order valence-electron chi connectivity index (χ1n) is 6.30. The van der Waals surface area contributed by atoms with Crippen molar-refractivity contribution in [2.24, 2.45) is 5.92 Å². The summed E-state index contributed by atoms with van der Waals surface area (Å²) in [5, 5.41) is 3.02. The molecule has 2 aliphatic rings. The molecule has 1 aromatic rings. The normalized spacial score (nSPS) is 18.4. The van der Waals surface area contributed by atoms with E-state index >= 15 is 0 Å². The Morgan fingerprint density at radius 2 is 2.22 bits per heavy atom. The number of hydrogen-bond donors (Lipinski definition) is 1. The van der Waals surface area contributed by atoms with Gasteiger partial charge >= 0.3 is 0 Å². The monoisotopic (exact) mass is 266 g/mol. The first-order chi connectivity index (χ1) is 8.72. The number of carbonyl (C=O) groups excluding carboxylic acids is 1. The maximum Gasteiger partial charge on any atom is 0.270 e. The van der Waals surface area contributed by atoms with E-state index in [9.17, 15) is 4.79 Å². The van der Waals surface area contributed by atoms with E-state index in [4.69, 9.17) is 11.6 Å². The smallest absolute Gasteiger partial charge is 0.270 e. The maximum absolute atomic E-state index is 11.9. The Balaban J connectivity index is 1.72. The number of carbonyl (C=O) groups is 1. The van der Waals surface area contributed by atoms with Gasteiger partial charge in [0.1, 0.15) is 11.5 Å². The fourth-order valence-electron chi connectivity index (χ4n) is 1.88. The summed E-state index contributed by atoms with van der Waals surface area (Å²) in [6.07, 6.45) is 3.58. The van der Waals surface area contributed by atoms with Crippen LogP contribution in [0.25, 0.3) is 0 Å². The SMILES string of the molecule is O=C(NCC1CC1)c1cc(N2CCC2)nc(Cl)n1. The number of nitrogens with one attached hydrogen (secondary N) is 1. The van der Waals surface area contributed by atoms with Gasteiger partial charge in [-0.15, -0.1) is 0 Å². The highest BCUT2D eigenvalue weighted by Crippen LogP contribution is 2.27. The number of hydrogen-bond acceptors (Lipinski definition) is 4. The van der Waals surface area contributed by atoms with Crippen molar-refractivity contribution in [1.29, 1.82) is 0 Å². The van der Waals surface area contributed by atoms with Gasteiger partial charge in [-0.25, -0.2) is 9.97 Å². The van der Waals surface area contributed by atoms with Gasteiger partial charge in [-0.1, -0.05) is 0 Å². The van der Waals surface area contributed by atoms with E-state index in [0.717, 1.165) is 31.9 Å². The van der Waals surface area contributed by atoms with Crippen LogP contribution in [0.1, 0.15) is 29.8 Å². The predicted octanol–water partition coefficient (Wildman–Crippen LogP) is 1.48. The fraction of sp³-hybridized carbons (Fsp3) is 0.583. The van der Waals surface area contributed by atoms with Crippen LogP contribution in [0.5, 0.6) is 0 Å². The number of nitrogens with zero attached hydrogens (tertiary/aromatic N) is 3. The summed E-state index contributed by atoms with van der Waals surface area (Å²) in [6, 6.07) is 1.72. The zero-order valence-electron chi connectivity index (χ0n) is 10.0. The van der Waals surface area contributed by atoms with E-state index < -0.39 is 0 Å². The van der Waals surface area contributed by atoms with Crippen LogP contribution in [-0.4, -0.2) is 35.5 Å². The van der Waals surface area contributed by atoms with E-state index in [1.807, 2.05) is 0 Å². The molecule has 5 nitrogen and oxygen atoms in total. The van der Waals surface area contributed by atoms with Crippen molar-refractivity contribution in [2.45, 2.75) is 19.3 Å². The molecule has 0 radical (unpaired) electrons. The van der Waals surface area contributed by atoms with Gasteiger partial charge in [0.05, 0.1) is 0 Å². The Kier molecular flexibility index (Phi) is 3.07. The molecule has 0 spiro atoms. The fourth-order valence-corrected chi connectivity index (χ4v) is 2.06. The van der Waals surface area contributed by atoms with Crippen molar-refractivity contribution in [3.63, 3.8) is 0 Å². The molecule has 0 bridgehead atoms. The summed E-state index contributed by atoms with van der Waals surface area (Å²) >= 11 is 5.87. The highest BCUT2D eigenvalue weighted by atomic mass is 35.5. The van der Waals surface area contributed by atoms with Crippen molar-refractivity contribution in [3.8, 4) is 0 Å². The number of anilines is 1. The Labute approximate surface area is 111 Å². The van der Waals surface area contributed by atoms with Crippen molar-refractivity contribution < 1.29 is 4.79 Å². The van der Waals surface area contributed by atoms with Crippen LogP contribution in [-0.2, 0) is 0 Å². The molecule has 1 N–H and O–H groups in total. The summed E-state index contributed by atoms with van der Waals surface area (Å²) < 4.78 is 0. The second-order valence-electron chi connectivity index (χ2n) is 4.87. The quantitative estimate of drug-likeness (QED) is 0.839. The zero-order chi connectivity index (χ0) is 12.5. The standard InChI is InChI=1S/C12H15ClN4O/c13-12-15-9(11(18)14-7-8-2-3-8)6-10(16-12)17-4-1-5-17/h6,8H,1-5,7H2,(H,14,18). The maximum atomic E-state index is 11.9. The molecular weight excluding hydrogens is 252 g/mol. The third kappa shape index (κ3) is 2.56. The lowest BCUT2D eigenvalue weighted by Gasteiger charge is -2.32. The van der Waals surface area contributed by atoms with Crippen LogP contribution in [0.4, 0.5) is 5.82 Å². The summed E-state index contributed by atoms with van der Waals surface area (Å²) in [5.74, 6) is 1.24. The summed E-state index contributed by atoms with van der Waals surface area (Å²) in [6.45, 7) is 2.67. The molecule has 1 aromatic heterocycles. The van der Waals surface area contributed by atoms with Crippen LogP contribution in [0.15, 0.2) is 6.07 Å². The Morgan fingerprint density at radius 3 is 2.83 bits per heavy atom. The number of rotatable bonds is 4. The van der Waals surface area contributed by atoms with E-state index in [-0.39, 0.29) is 11.2 Å². The van der Waals surface area contributed by atoms with Crippen molar-refractivity contribution in [1.82, 2.24) is 15.3 Å². The number of aromatic nitrogens is 2. The number of halogens is 1. The molecule has 6 heteroatoms.